The molecular formula is C25H35N5O3. The zero-order valence-electron chi connectivity index (χ0n) is 20.0. The molecule has 1 aromatic heterocycles. The minimum Gasteiger partial charge on any atom is -0.405 e. The summed E-state index contributed by atoms with van der Waals surface area (Å²) in [6, 6.07) is 5.79. The number of ether oxygens (including phenoxy) is 1. The Morgan fingerprint density at radius 2 is 1.70 bits per heavy atom. The molecule has 178 valence electrons. The highest BCUT2D eigenvalue weighted by molar-refractivity contribution is 5.95. The first-order valence-electron chi connectivity index (χ1n) is 11.9. The van der Waals surface area contributed by atoms with Crippen molar-refractivity contribution in [2.75, 3.05) is 5.73 Å². The van der Waals surface area contributed by atoms with E-state index < -0.39 is 6.09 Å². The fourth-order valence-corrected chi connectivity index (χ4v) is 4.49. The molecular weight excluding hydrogens is 418 g/mol. The third kappa shape index (κ3) is 5.49. The maximum absolute atomic E-state index is 12.5. The van der Waals surface area contributed by atoms with Crippen molar-refractivity contribution in [3.8, 4) is 11.4 Å². The van der Waals surface area contributed by atoms with Gasteiger partial charge in [0, 0.05) is 17.6 Å². The quantitative estimate of drug-likeness (QED) is 0.623. The average Bonchev–Trinajstić information content (AvgIpc) is 3.50. The molecule has 1 heterocycles. The van der Waals surface area contributed by atoms with Gasteiger partial charge in [-0.1, -0.05) is 26.8 Å². The van der Waals surface area contributed by atoms with Gasteiger partial charge in [-0.3, -0.25) is 4.79 Å². The average molecular weight is 454 g/mol. The molecule has 2 aliphatic rings. The highest BCUT2D eigenvalue weighted by atomic mass is 16.6. The molecule has 8 heteroatoms. The van der Waals surface area contributed by atoms with Gasteiger partial charge < -0.3 is 21.1 Å². The summed E-state index contributed by atoms with van der Waals surface area (Å²) in [6.45, 7) is 8.74. The molecule has 2 fully saturated rings. The number of benzene rings is 1. The van der Waals surface area contributed by atoms with Crippen LogP contribution in [-0.4, -0.2) is 33.9 Å². The van der Waals surface area contributed by atoms with E-state index >= 15 is 0 Å². The van der Waals surface area contributed by atoms with Gasteiger partial charge >= 0.3 is 6.09 Å². The van der Waals surface area contributed by atoms with E-state index in [1.807, 2.05) is 13.0 Å². The number of nitrogens with one attached hydrogen (secondary N) is 2. The number of carbonyl (C=O) groups is 2. The zero-order chi connectivity index (χ0) is 23.8. The molecule has 0 unspecified atom stereocenters. The first-order chi connectivity index (χ1) is 15.6. The minimum absolute atomic E-state index is 0.108. The number of nitrogen functional groups attached to an aromatic ring is 1. The second-order valence-electron chi connectivity index (χ2n) is 10.5. The molecule has 0 atom stereocenters. The van der Waals surface area contributed by atoms with Gasteiger partial charge in [0.2, 0.25) is 0 Å². The predicted molar refractivity (Wildman–Crippen MR) is 128 cm³/mol. The van der Waals surface area contributed by atoms with Crippen molar-refractivity contribution >= 4 is 17.8 Å². The van der Waals surface area contributed by atoms with Crippen molar-refractivity contribution in [3.05, 3.63) is 35.5 Å². The highest BCUT2D eigenvalue weighted by Gasteiger charge is 2.30. The van der Waals surface area contributed by atoms with Crippen LogP contribution in [0.2, 0.25) is 0 Å². The van der Waals surface area contributed by atoms with Crippen LogP contribution in [-0.2, 0) is 0 Å². The zero-order valence-corrected chi connectivity index (χ0v) is 20.0. The lowest BCUT2D eigenvalue weighted by molar-refractivity contribution is 0.0951. The second kappa shape index (κ2) is 9.08. The first-order valence-corrected chi connectivity index (χ1v) is 11.9. The third-order valence-electron chi connectivity index (χ3n) is 6.86. The van der Waals surface area contributed by atoms with Gasteiger partial charge in [0.15, 0.2) is 11.6 Å². The minimum atomic E-state index is -0.519. The molecule has 2 aromatic rings. The molecule has 4 N–H and O–H groups in total. The molecule has 4 rings (SSSR count). The van der Waals surface area contributed by atoms with Crippen LogP contribution >= 0.6 is 0 Å². The van der Waals surface area contributed by atoms with Crippen molar-refractivity contribution in [1.29, 1.82) is 0 Å². The summed E-state index contributed by atoms with van der Waals surface area (Å²) in [5.74, 6) is 0.972. The van der Waals surface area contributed by atoms with Gasteiger partial charge in [-0.2, -0.15) is 5.10 Å². The molecule has 0 spiro atoms. The van der Waals surface area contributed by atoms with Gasteiger partial charge in [0.25, 0.3) is 5.91 Å². The molecule has 2 aliphatic carbocycles. The molecule has 0 saturated heterocycles. The Labute approximate surface area is 195 Å². The van der Waals surface area contributed by atoms with Gasteiger partial charge in [-0.05, 0) is 74.5 Å². The van der Waals surface area contributed by atoms with Crippen molar-refractivity contribution in [1.82, 2.24) is 20.4 Å². The van der Waals surface area contributed by atoms with E-state index in [0.717, 1.165) is 44.1 Å². The monoisotopic (exact) mass is 453 g/mol. The molecule has 8 nitrogen and oxygen atoms in total. The molecule has 0 radical (unpaired) electrons. The summed E-state index contributed by atoms with van der Waals surface area (Å²) >= 11 is 0. The van der Waals surface area contributed by atoms with Crippen LogP contribution in [0.5, 0.6) is 5.75 Å². The predicted octanol–water partition coefficient (Wildman–Crippen LogP) is 4.35. The van der Waals surface area contributed by atoms with Crippen LogP contribution in [0.15, 0.2) is 24.4 Å². The van der Waals surface area contributed by atoms with Crippen LogP contribution in [0, 0.1) is 18.3 Å². The second-order valence-corrected chi connectivity index (χ2v) is 10.5. The van der Waals surface area contributed by atoms with Crippen LogP contribution in [0.25, 0.3) is 5.69 Å². The van der Waals surface area contributed by atoms with Crippen LogP contribution in [0.4, 0.5) is 10.6 Å². The molecule has 0 bridgehead atoms. The van der Waals surface area contributed by atoms with E-state index in [1.54, 1.807) is 12.1 Å². The fraction of sp³-hybridized carbons (Fsp3) is 0.560. The number of rotatable bonds is 5. The first kappa shape index (κ1) is 23.1. The molecule has 0 aliphatic heterocycles. The van der Waals surface area contributed by atoms with E-state index in [9.17, 15) is 9.59 Å². The summed E-state index contributed by atoms with van der Waals surface area (Å²) in [6.07, 6.45) is 7.05. The summed E-state index contributed by atoms with van der Waals surface area (Å²) in [7, 11) is 0. The van der Waals surface area contributed by atoms with Crippen molar-refractivity contribution in [2.24, 2.45) is 11.3 Å². The van der Waals surface area contributed by atoms with Gasteiger partial charge in [-0.15, -0.1) is 0 Å². The number of hydrogen-bond acceptors (Lipinski definition) is 5. The summed E-state index contributed by atoms with van der Waals surface area (Å²) in [5.41, 5.74) is 8.68. The number of nitrogens with zero attached hydrogens (tertiary/aromatic N) is 2. The third-order valence-corrected chi connectivity index (χ3v) is 6.86. The van der Waals surface area contributed by atoms with Crippen LogP contribution in [0.1, 0.15) is 75.2 Å². The Morgan fingerprint density at radius 1 is 1.06 bits per heavy atom. The van der Waals surface area contributed by atoms with E-state index in [2.05, 4.69) is 36.5 Å². The van der Waals surface area contributed by atoms with Crippen molar-refractivity contribution in [3.63, 3.8) is 0 Å². The lowest BCUT2D eigenvalue weighted by Crippen LogP contribution is -2.40. The standard InChI is InChI=1S/C25H35N5O3/c1-15-5-6-16(23(31)28-18-11-12-18)13-20(15)30-22(26)21(14-27-30)33-24(32)29-19-9-7-17(8-10-19)25(2,3)4/h5-6,13-14,17-19H,7-12,26H2,1-4H3,(H,28,31)(H,29,32). The van der Waals surface area contributed by atoms with Gasteiger partial charge in [0.05, 0.1) is 11.9 Å². The lowest BCUT2D eigenvalue weighted by Gasteiger charge is -2.36. The maximum atomic E-state index is 12.5. The number of hydrogen-bond donors (Lipinski definition) is 3. The number of carbonyl (C=O) groups excluding carboxylic acids is 2. The Balaban J connectivity index is 1.40. The Hall–Kier alpha value is -3.03. The topological polar surface area (TPSA) is 111 Å². The highest BCUT2D eigenvalue weighted by Crippen LogP contribution is 2.37. The van der Waals surface area contributed by atoms with Crippen molar-refractivity contribution in [2.45, 2.75) is 78.3 Å². The van der Waals surface area contributed by atoms with Crippen LogP contribution < -0.4 is 21.1 Å². The van der Waals surface area contributed by atoms with Crippen molar-refractivity contribution < 1.29 is 14.3 Å². The lowest BCUT2D eigenvalue weighted by atomic mass is 9.71. The normalized spacial score (nSPS) is 20.8. The van der Waals surface area contributed by atoms with Crippen LogP contribution in [0.3, 0.4) is 0 Å². The van der Waals surface area contributed by atoms with E-state index in [0.29, 0.717) is 22.6 Å². The fourth-order valence-electron chi connectivity index (χ4n) is 4.49. The molecule has 1 aromatic carbocycles. The Morgan fingerprint density at radius 3 is 2.33 bits per heavy atom. The molecule has 2 amide bonds. The maximum Gasteiger partial charge on any atom is 0.413 e. The Kier molecular flexibility index (Phi) is 6.36. The number of nitrogens with two attached hydrogens (primary N) is 1. The van der Waals surface area contributed by atoms with E-state index in [1.165, 1.54) is 10.9 Å². The smallest absolute Gasteiger partial charge is 0.405 e. The summed E-state index contributed by atoms with van der Waals surface area (Å²) in [4.78, 5) is 24.9. The number of anilines is 1. The summed E-state index contributed by atoms with van der Waals surface area (Å²) < 4.78 is 6.99. The Bertz CT molecular complexity index is 1030. The summed E-state index contributed by atoms with van der Waals surface area (Å²) in [5, 5.41) is 10.3. The van der Waals surface area contributed by atoms with E-state index in [-0.39, 0.29) is 29.6 Å². The number of aromatic nitrogens is 2. The largest absolute Gasteiger partial charge is 0.413 e. The van der Waals surface area contributed by atoms with Gasteiger partial charge in [0.1, 0.15) is 0 Å². The molecule has 2 saturated carbocycles. The van der Waals surface area contributed by atoms with Gasteiger partial charge in [-0.25, -0.2) is 9.48 Å². The number of aryl methyl sites for hydroxylation is 1. The SMILES string of the molecule is Cc1ccc(C(=O)NC2CC2)cc1-n1ncc(OC(=O)NC2CCC(C(C)(C)C)CC2)c1N. The number of amides is 2. The molecule has 33 heavy (non-hydrogen) atoms. The van der Waals surface area contributed by atoms with E-state index in [4.69, 9.17) is 10.5 Å².